The summed E-state index contributed by atoms with van der Waals surface area (Å²) < 4.78 is 13.6. The zero-order valence-corrected chi connectivity index (χ0v) is 11.2. The molecule has 0 saturated heterocycles. The van der Waals surface area contributed by atoms with E-state index in [1.54, 1.807) is 0 Å². The van der Waals surface area contributed by atoms with Crippen LogP contribution in [-0.4, -0.2) is 17.1 Å². The van der Waals surface area contributed by atoms with E-state index in [-0.39, 0.29) is 17.4 Å². The van der Waals surface area contributed by atoms with Crippen molar-refractivity contribution in [2.45, 2.75) is 45.1 Å². The lowest BCUT2D eigenvalue weighted by Gasteiger charge is -2.28. The van der Waals surface area contributed by atoms with Gasteiger partial charge in [-0.3, -0.25) is 4.79 Å². The van der Waals surface area contributed by atoms with Crippen LogP contribution in [0.1, 0.15) is 49.4 Å². The van der Waals surface area contributed by atoms with Crippen molar-refractivity contribution < 1.29 is 14.3 Å². The number of aromatic hydroxyl groups is 1. The Bertz CT molecular complexity index is 435. The number of rotatable bonds is 3. The van der Waals surface area contributed by atoms with Crippen molar-refractivity contribution in [1.82, 2.24) is 5.32 Å². The standard InChI is InChI=1S/C15H20FNO2/c1-10(11-6-3-2-4-7-11)17-15(19)14-12(16)8-5-9-13(14)18/h5,8-11,18H,2-4,6-7H2,1H3,(H,17,19). The Hall–Kier alpha value is -1.58. The lowest BCUT2D eigenvalue weighted by atomic mass is 9.84. The van der Waals surface area contributed by atoms with Crippen LogP contribution in [0.25, 0.3) is 0 Å². The van der Waals surface area contributed by atoms with Crippen LogP contribution in [0.3, 0.4) is 0 Å². The minimum absolute atomic E-state index is 0.00630. The first-order valence-corrected chi connectivity index (χ1v) is 6.88. The topological polar surface area (TPSA) is 49.3 Å². The summed E-state index contributed by atoms with van der Waals surface area (Å²) in [6.07, 6.45) is 5.84. The summed E-state index contributed by atoms with van der Waals surface area (Å²) in [5, 5.41) is 12.4. The zero-order valence-electron chi connectivity index (χ0n) is 11.2. The predicted molar refractivity (Wildman–Crippen MR) is 71.6 cm³/mol. The average molecular weight is 265 g/mol. The monoisotopic (exact) mass is 265 g/mol. The van der Waals surface area contributed by atoms with Crippen molar-refractivity contribution in [1.29, 1.82) is 0 Å². The third kappa shape index (κ3) is 3.25. The van der Waals surface area contributed by atoms with Crippen LogP contribution in [0.15, 0.2) is 18.2 Å². The molecular weight excluding hydrogens is 245 g/mol. The Labute approximate surface area is 112 Å². The molecule has 4 heteroatoms. The van der Waals surface area contributed by atoms with E-state index in [1.807, 2.05) is 6.92 Å². The second-order valence-corrected chi connectivity index (χ2v) is 5.29. The highest BCUT2D eigenvalue weighted by Crippen LogP contribution is 2.27. The number of nitrogens with one attached hydrogen (secondary N) is 1. The molecule has 2 N–H and O–H groups in total. The van der Waals surface area contributed by atoms with E-state index in [0.29, 0.717) is 5.92 Å². The molecule has 19 heavy (non-hydrogen) atoms. The normalized spacial score (nSPS) is 18.0. The largest absolute Gasteiger partial charge is 0.507 e. The fourth-order valence-electron chi connectivity index (χ4n) is 2.77. The molecule has 0 aromatic heterocycles. The minimum Gasteiger partial charge on any atom is -0.507 e. The molecule has 2 rings (SSSR count). The van der Waals surface area contributed by atoms with Crippen LogP contribution in [0.4, 0.5) is 4.39 Å². The summed E-state index contributed by atoms with van der Waals surface area (Å²) >= 11 is 0. The van der Waals surface area contributed by atoms with E-state index in [0.717, 1.165) is 12.8 Å². The Balaban J connectivity index is 2.04. The Kier molecular flexibility index (Phi) is 4.40. The number of phenolic OH excluding ortho intramolecular Hbond substituents is 1. The van der Waals surface area contributed by atoms with Crippen LogP contribution >= 0.6 is 0 Å². The number of hydrogen-bond acceptors (Lipinski definition) is 2. The van der Waals surface area contributed by atoms with Crippen molar-refractivity contribution in [3.63, 3.8) is 0 Å². The van der Waals surface area contributed by atoms with Gasteiger partial charge in [-0.2, -0.15) is 0 Å². The molecule has 0 heterocycles. The maximum absolute atomic E-state index is 13.6. The Morgan fingerprint density at radius 1 is 1.37 bits per heavy atom. The van der Waals surface area contributed by atoms with Crippen LogP contribution in [0.5, 0.6) is 5.75 Å². The van der Waals surface area contributed by atoms with Gasteiger partial charge in [-0.05, 0) is 37.8 Å². The first kappa shape index (κ1) is 13.8. The van der Waals surface area contributed by atoms with E-state index >= 15 is 0 Å². The molecule has 1 saturated carbocycles. The van der Waals surface area contributed by atoms with E-state index < -0.39 is 11.7 Å². The van der Waals surface area contributed by atoms with Crippen molar-refractivity contribution in [2.24, 2.45) is 5.92 Å². The van der Waals surface area contributed by atoms with Gasteiger partial charge in [0.15, 0.2) is 0 Å². The zero-order chi connectivity index (χ0) is 13.8. The molecular formula is C15H20FNO2. The summed E-state index contributed by atoms with van der Waals surface area (Å²) in [7, 11) is 0. The number of benzene rings is 1. The highest BCUT2D eigenvalue weighted by Gasteiger charge is 2.24. The molecule has 1 aromatic carbocycles. The molecule has 1 aliphatic carbocycles. The molecule has 0 spiro atoms. The molecule has 0 radical (unpaired) electrons. The van der Waals surface area contributed by atoms with E-state index in [1.165, 1.54) is 37.5 Å². The molecule has 1 atom stereocenters. The van der Waals surface area contributed by atoms with Gasteiger partial charge in [0.25, 0.3) is 5.91 Å². The molecule has 1 fully saturated rings. The number of hydrogen-bond donors (Lipinski definition) is 2. The van der Waals surface area contributed by atoms with Gasteiger partial charge in [0.05, 0.1) is 0 Å². The van der Waals surface area contributed by atoms with Gasteiger partial charge in [0, 0.05) is 6.04 Å². The summed E-state index contributed by atoms with van der Waals surface area (Å²) in [5.74, 6) is -1.08. The number of amides is 1. The summed E-state index contributed by atoms with van der Waals surface area (Å²) in [5.41, 5.74) is -0.259. The van der Waals surface area contributed by atoms with Gasteiger partial charge in [-0.15, -0.1) is 0 Å². The maximum Gasteiger partial charge on any atom is 0.258 e. The molecule has 1 unspecified atom stereocenters. The Morgan fingerprint density at radius 2 is 2.05 bits per heavy atom. The first-order chi connectivity index (χ1) is 9.09. The van der Waals surface area contributed by atoms with Gasteiger partial charge in [-0.1, -0.05) is 25.3 Å². The van der Waals surface area contributed by atoms with Gasteiger partial charge < -0.3 is 10.4 Å². The molecule has 1 aliphatic rings. The Morgan fingerprint density at radius 3 is 2.68 bits per heavy atom. The lowest BCUT2D eigenvalue weighted by Crippen LogP contribution is -2.39. The number of halogens is 1. The van der Waals surface area contributed by atoms with Crippen molar-refractivity contribution in [2.75, 3.05) is 0 Å². The van der Waals surface area contributed by atoms with Crippen LogP contribution in [0, 0.1) is 11.7 Å². The van der Waals surface area contributed by atoms with E-state index in [4.69, 9.17) is 0 Å². The van der Waals surface area contributed by atoms with Gasteiger partial charge in [0.2, 0.25) is 0 Å². The average Bonchev–Trinajstić information content (AvgIpc) is 2.39. The molecule has 0 bridgehead atoms. The molecule has 3 nitrogen and oxygen atoms in total. The van der Waals surface area contributed by atoms with Crippen molar-refractivity contribution >= 4 is 5.91 Å². The van der Waals surface area contributed by atoms with Crippen molar-refractivity contribution in [3.8, 4) is 5.75 Å². The SMILES string of the molecule is CC(NC(=O)c1c(O)cccc1F)C1CCCCC1. The predicted octanol–water partition coefficient (Wildman–Crippen LogP) is 3.23. The third-order valence-electron chi connectivity index (χ3n) is 3.93. The fraction of sp³-hybridized carbons (Fsp3) is 0.533. The quantitative estimate of drug-likeness (QED) is 0.881. The van der Waals surface area contributed by atoms with Crippen LogP contribution < -0.4 is 5.32 Å². The van der Waals surface area contributed by atoms with Gasteiger partial charge in [-0.25, -0.2) is 4.39 Å². The van der Waals surface area contributed by atoms with Crippen LogP contribution in [-0.2, 0) is 0 Å². The first-order valence-electron chi connectivity index (χ1n) is 6.88. The molecule has 0 aliphatic heterocycles. The maximum atomic E-state index is 13.6. The van der Waals surface area contributed by atoms with Crippen molar-refractivity contribution in [3.05, 3.63) is 29.6 Å². The third-order valence-corrected chi connectivity index (χ3v) is 3.93. The number of carbonyl (C=O) groups is 1. The summed E-state index contributed by atoms with van der Waals surface area (Å²) in [6.45, 7) is 1.95. The van der Waals surface area contributed by atoms with Gasteiger partial charge in [0.1, 0.15) is 17.1 Å². The highest BCUT2D eigenvalue weighted by molar-refractivity contribution is 5.97. The second kappa shape index (κ2) is 6.04. The second-order valence-electron chi connectivity index (χ2n) is 5.29. The minimum atomic E-state index is -0.687. The molecule has 104 valence electrons. The summed E-state index contributed by atoms with van der Waals surface area (Å²) in [4.78, 5) is 12.0. The lowest BCUT2D eigenvalue weighted by molar-refractivity contribution is 0.0912. The summed E-state index contributed by atoms with van der Waals surface area (Å²) in [6, 6.07) is 3.89. The highest BCUT2D eigenvalue weighted by atomic mass is 19.1. The smallest absolute Gasteiger partial charge is 0.258 e. The number of phenols is 1. The molecule has 1 amide bonds. The fourth-order valence-corrected chi connectivity index (χ4v) is 2.77. The molecule has 1 aromatic rings. The van der Waals surface area contributed by atoms with Gasteiger partial charge >= 0.3 is 0 Å². The van der Waals surface area contributed by atoms with E-state index in [9.17, 15) is 14.3 Å². The number of carbonyl (C=O) groups excluding carboxylic acids is 1. The van der Waals surface area contributed by atoms with Crippen LogP contribution in [0.2, 0.25) is 0 Å². The van der Waals surface area contributed by atoms with E-state index in [2.05, 4.69) is 5.32 Å².